The van der Waals surface area contributed by atoms with Crippen molar-refractivity contribution in [2.24, 2.45) is 0 Å². The molecule has 1 aromatic heterocycles. The number of ether oxygens (including phenoxy) is 1. The maximum Gasteiger partial charge on any atom is 0.276 e. The molecule has 0 saturated carbocycles. The normalized spacial score (nSPS) is 10.0. The number of carbonyl (C=O) groups excluding carboxylic acids is 1. The summed E-state index contributed by atoms with van der Waals surface area (Å²) in [5.41, 5.74) is 0.799. The van der Waals surface area contributed by atoms with Gasteiger partial charge in [-0.3, -0.25) is 4.79 Å². The number of carbonyl (C=O) groups is 1. The first-order valence-corrected chi connectivity index (χ1v) is 7.16. The van der Waals surface area contributed by atoms with Crippen LogP contribution in [-0.2, 0) is 0 Å². The summed E-state index contributed by atoms with van der Waals surface area (Å²) < 4.78 is 6.05. The first kappa shape index (κ1) is 15.2. The van der Waals surface area contributed by atoms with Crippen LogP contribution in [0.3, 0.4) is 0 Å². The van der Waals surface area contributed by atoms with Crippen molar-refractivity contribution in [3.63, 3.8) is 0 Å². The van der Waals surface area contributed by atoms with Crippen molar-refractivity contribution in [3.8, 4) is 5.75 Å². The number of methoxy groups -OCH3 is 1. The zero-order valence-corrected chi connectivity index (χ0v) is 13.3. The number of rotatable bonds is 5. The Morgan fingerprint density at radius 1 is 1.29 bits per heavy atom. The van der Waals surface area contributed by atoms with Crippen molar-refractivity contribution in [2.45, 2.75) is 6.92 Å². The SMILES string of the molecule is CCNc1ccc(C(=O)Nc2cc(Br)ccc2OC)nn1. The van der Waals surface area contributed by atoms with Crippen LogP contribution in [0, 0.1) is 0 Å². The Kier molecular flexibility index (Phi) is 5.10. The number of benzene rings is 1. The Hall–Kier alpha value is -2.15. The fraction of sp³-hybridized carbons (Fsp3) is 0.214. The number of hydrogen-bond acceptors (Lipinski definition) is 5. The van der Waals surface area contributed by atoms with Crippen molar-refractivity contribution < 1.29 is 9.53 Å². The van der Waals surface area contributed by atoms with E-state index in [1.165, 1.54) is 0 Å². The van der Waals surface area contributed by atoms with Gasteiger partial charge in [-0.15, -0.1) is 10.2 Å². The van der Waals surface area contributed by atoms with Gasteiger partial charge in [-0.1, -0.05) is 15.9 Å². The molecule has 7 heteroatoms. The monoisotopic (exact) mass is 350 g/mol. The first-order chi connectivity index (χ1) is 10.1. The molecular weight excluding hydrogens is 336 g/mol. The van der Waals surface area contributed by atoms with Gasteiger partial charge in [-0.05, 0) is 37.3 Å². The Labute approximate surface area is 131 Å². The molecule has 0 fully saturated rings. The lowest BCUT2D eigenvalue weighted by Gasteiger charge is -2.10. The van der Waals surface area contributed by atoms with Crippen LogP contribution >= 0.6 is 15.9 Å². The third kappa shape index (κ3) is 3.91. The fourth-order valence-corrected chi connectivity index (χ4v) is 2.05. The van der Waals surface area contributed by atoms with Gasteiger partial charge in [0.1, 0.15) is 11.6 Å². The second kappa shape index (κ2) is 7.03. The smallest absolute Gasteiger partial charge is 0.276 e. The van der Waals surface area contributed by atoms with Gasteiger partial charge in [-0.2, -0.15) is 0 Å². The topological polar surface area (TPSA) is 76.1 Å². The summed E-state index contributed by atoms with van der Waals surface area (Å²) in [6.45, 7) is 2.71. The van der Waals surface area contributed by atoms with E-state index in [4.69, 9.17) is 4.74 Å². The van der Waals surface area contributed by atoms with Crippen LogP contribution in [0.2, 0.25) is 0 Å². The summed E-state index contributed by atoms with van der Waals surface area (Å²) in [4.78, 5) is 12.2. The van der Waals surface area contributed by atoms with E-state index in [-0.39, 0.29) is 11.6 Å². The van der Waals surface area contributed by atoms with E-state index in [0.29, 0.717) is 17.3 Å². The van der Waals surface area contributed by atoms with Gasteiger partial charge >= 0.3 is 0 Å². The van der Waals surface area contributed by atoms with Gasteiger partial charge in [0, 0.05) is 11.0 Å². The standard InChI is InChI=1S/C14H15BrN4O2/c1-3-16-13-7-5-10(18-19-13)14(20)17-11-8-9(15)4-6-12(11)21-2/h4-8H,3H2,1-2H3,(H,16,19)(H,17,20). The largest absolute Gasteiger partial charge is 0.495 e. The molecular formula is C14H15BrN4O2. The molecule has 0 bridgehead atoms. The minimum Gasteiger partial charge on any atom is -0.495 e. The molecule has 0 aliphatic heterocycles. The van der Waals surface area contributed by atoms with E-state index in [2.05, 4.69) is 36.8 Å². The highest BCUT2D eigenvalue weighted by molar-refractivity contribution is 9.10. The van der Waals surface area contributed by atoms with Crippen LogP contribution in [-0.4, -0.2) is 29.8 Å². The molecule has 0 spiro atoms. The number of aromatic nitrogens is 2. The molecule has 1 heterocycles. The van der Waals surface area contributed by atoms with E-state index in [9.17, 15) is 4.79 Å². The minimum atomic E-state index is -0.345. The molecule has 1 amide bonds. The molecule has 6 nitrogen and oxygen atoms in total. The molecule has 0 saturated heterocycles. The highest BCUT2D eigenvalue weighted by Gasteiger charge is 2.12. The van der Waals surface area contributed by atoms with Crippen LogP contribution in [0.15, 0.2) is 34.8 Å². The average Bonchev–Trinajstić information content (AvgIpc) is 2.48. The number of hydrogen-bond donors (Lipinski definition) is 2. The summed E-state index contributed by atoms with van der Waals surface area (Å²) in [5, 5.41) is 13.6. The molecule has 21 heavy (non-hydrogen) atoms. The van der Waals surface area contributed by atoms with Crippen LogP contribution in [0.5, 0.6) is 5.75 Å². The van der Waals surface area contributed by atoms with Gasteiger partial charge < -0.3 is 15.4 Å². The number of anilines is 2. The van der Waals surface area contributed by atoms with Gasteiger partial charge in [0.15, 0.2) is 5.69 Å². The Bertz CT molecular complexity index is 631. The maximum atomic E-state index is 12.2. The summed E-state index contributed by atoms with van der Waals surface area (Å²) in [5.74, 6) is 0.861. The summed E-state index contributed by atoms with van der Waals surface area (Å²) >= 11 is 3.36. The first-order valence-electron chi connectivity index (χ1n) is 6.36. The zero-order chi connectivity index (χ0) is 15.2. The van der Waals surface area contributed by atoms with Crippen molar-refractivity contribution in [2.75, 3.05) is 24.3 Å². The van der Waals surface area contributed by atoms with Crippen molar-refractivity contribution >= 4 is 33.3 Å². The van der Waals surface area contributed by atoms with Crippen molar-refractivity contribution in [3.05, 3.63) is 40.5 Å². The van der Waals surface area contributed by atoms with Gasteiger partial charge in [0.2, 0.25) is 0 Å². The van der Waals surface area contributed by atoms with Gasteiger partial charge in [0.25, 0.3) is 5.91 Å². The van der Waals surface area contributed by atoms with Crippen molar-refractivity contribution in [1.29, 1.82) is 0 Å². The minimum absolute atomic E-state index is 0.235. The molecule has 2 aromatic rings. The summed E-state index contributed by atoms with van der Waals surface area (Å²) in [7, 11) is 1.55. The number of halogens is 1. The van der Waals surface area contributed by atoms with E-state index < -0.39 is 0 Å². The summed E-state index contributed by atoms with van der Waals surface area (Å²) in [6.07, 6.45) is 0. The molecule has 2 rings (SSSR count). The molecule has 0 radical (unpaired) electrons. The van der Waals surface area contributed by atoms with Crippen LogP contribution in [0.25, 0.3) is 0 Å². The average molecular weight is 351 g/mol. The van der Waals surface area contributed by atoms with Crippen LogP contribution in [0.1, 0.15) is 17.4 Å². The predicted octanol–water partition coefficient (Wildman–Crippen LogP) is 2.93. The Morgan fingerprint density at radius 3 is 2.71 bits per heavy atom. The molecule has 110 valence electrons. The molecule has 2 N–H and O–H groups in total. The van der Waals surface area contributed by atoms with Crippen LogP contribution in [0.4, 0.5) is 11.5 Å². The number of nitrogens with zero attached hydrogens (tertiary/aromatic N) is 2. The lowest BCUT2D eigenvalue weighted by molar-refractivity contribution is 0.102. The lowest BCUT2D eigenvalue weighted by atomic mass is 10.2. The molecule has 1 aromatic carbocycles. The molecule has 0 unspecified atom stereocenters. The maximum absolute atomic E-state index is 12.2. The second-order valence-electron chi connectivity index (χ2n) is 4.13. The third-order valence-corrected chi connectivity index (χ3v) is 3.16. The van der Waals surface area contributed by atoms with E-state index >= 15 is 0 Å². The summed E-state index contributed by atoms with van der Waals surface area (Å²) in [6, 6.07) is 8.69. The second-order valence-corrected chi connectivity index (χ2v) is 5.05. The molecule has 0 atom stereocenters. The van der Waals surface area contributed by atoms with Gasteiger partial charge in [-0.25, -0.2) is 0 Å². The van der Waals surface area contributed by atoms with E-state index in [1.54, 1.807) is 31.4 Å². The Balaban J connectivity index is 2.15. The van der Waals surface area contributed by atoms with Gasteiger partial charge in [0.05, 0.1) is 12.8 Å². The fourth-order valence-electron chi connectivity index (χ4n) is 1.69. The predicted molar refractivity (Wildman–Crippen MR) is 84.8 cm³/mol. The quantitative estimate of drug-likeness (QED) is 0.866. The lowest BCUT2D eigenvalue weighted by Crippen LogP contribution is -2.15. The Morgan fingerprint density at radius 2 is 2.10 bits per heavy atom. The van der Waals surface area contributed by atoms with Crippen LogP contribution < -0.4 is 15.4 Å². The number of amides is 1. The molecule has 0 aliphatic carbocycles. The third-order valence-electron chi connectivity index (χ3n) is 2.66. The highest BCUT2D eigenvalue weighted by Crippen LogP contribution is 2.28. The highest BCUT2D eigenvalue weighted by atomic mass is 79.9. The van der Waals surface area contributed by atoms with E-state index in [1.807, 2.05) is 13.0 Å². The van der Waals surface area contributed by atoms with Crippen molar-refractivity contribution in [1.82, 2.24) is 10.2 Å². The zero-order valence-electron chi connectivity index (χ0n) is 11.7. The number of nitrogens with one attached hydrogen (secondary N) is 2. The van der Waals surface area contributed by atoms with E-state index in [0.717, 1.165) is 11.0 Å². The molecule has 0 aliphatic rings.